The molecule has 1 amide bonds. The average molecular weight is 342 g/mol. The molecule has 0 radical (unpaired) electrons. The molecule has 0 spiro atoms. The van der Waals surface area contributed by atoms with Gasteiger partial charge in [-0.3, -0.25) is 4.79 Å². The fourth-order valence-corrected chi connectivity index (χ4v) is 3.78. The minimum Gasteiger partial charge on any atom is -0.479 e. The molecule has 2 N–H and O–H groups in total. The Morgan fingerprint density at radius 2 is 1.58 bits per heavy atom. The summed E-state index contributed by atoms with van der Waals surface area (Å²) in [5.74, 6) is 0.584. The number of hydrogen-bond donors (Lipinski definition) is 2. The molecular formula is C22H18N2O2. The first-order valence-electron chi connectivity index (χ1n) is 8.77. The summed E-state index contributed by atoms with van der Waals surface area (Å²) in [6, 6.07) is 22.9. The predicted molar refractivity (Wildman–Crippen MR) is 103 cm³/mol. The first-order chi connectivity index (χ1) is 12.7. The quantitative estimate of drug-likeness (QED) is 0.716. The molecule has 3 aromatic rings. The Bertz CT molecular complexity index is 983. The molecule has 0 unspecified atom stereocenters. The Kier molecular flexibility index (Phi) is 3.25. The number of anilines is 2. The number of amides is 1. The lowest BCUT2D eigenvalue weighted by Gasteiger charge is -2.25. The van der Waals surface area contributed by atoms with Crippen LogP contribution in [0, 0.1) is 0 Å². The van der Waals surface area contributed by atoms with Crippen LogP contribution in [0.5, 0.6) is 5.75 Å². The third-order valence-corrected chi connectivity index (χ3v) is 5.06. The van der Waals surface area contributed by atoms with Crippen LogP contribution in [0.3, 0.4) is 0 Å². The lowest BCUT2D eigenvalue weighted by atomic mass is 10.0. The van der Waals surface area contributed by atoms with Gasteiger partial charge in [0.1, 0.15) is 5.75 Å². The van der Waals surface area contributed by atoms with Gasteiger partial charge in [0.05, 0.1) is 11.7 Å². The van der Waals surface area contributed by atoms with Crippen LogP contribution in [-0.2, 0) is 4.79 Å². The summed E-state index contributed by atoms with van der Waals surface area (Å²) in [5, 5.41) is 6.53. The van der Waals surface area contributed by atoms with Crippen molar-refractivity contribution in [3.05, 3.63) is 77.9 Å². The maximum atomic E-state index is 11.9. The van der Waals surface area contributed by atoms with Gasteiger partial charge >= 0.3 is 0 Å². The third-order valence-electron chi connectivity index (χ3n) is 5.06. The predicted octanol–water partition coefficient (Wildman–Crippen LogP) is 4.59. The molecule has 0 bridgehead atoms. The lowest BCUT2D eigenvalue weighted by molar-refractivity contribution is -0.122. The summed E-state index contributed by atoms with van der Waals surface area (Å²) in [7, 11) is 0. The van der Waals surface area contributed by atoms with Gasteiger partial charge in [-0.05, 0) is 47.4 Å². The molecule has 0 fully saturated rings. The minimum atomic E-state index is -0.463. The van der Waals surface area contributed by atoms with Crippen LogP contribution in [0.4, 0.5) is 11.4 Å². The molecule has 4 heteroatoms. The molecule has 1 aliphatic heterocycles. The van der Waals surface area contributed by atoms with Gasteiger partial charge in [0, 0.05) is 5.69 Å². The fraction of sp³-hybridized carbons (Fsp3) is 0.136. The van der Waals surface area contributed by atoms with Crippen LogP contribution in [0.15, 0.2) is 66.7 Å². The van der Waals surface area contributed by atoms with Gasteiger partial charge in [-0.25, -0.2) is 0 Å². The molecule has 0 saturated heterocycles. The van der Waals surface area contributed by atoms with Crippen molar-refractivity contribution in [3.63, 3.8) is 0 Å². The molecule has 5 rings (SSSR count). The second-order valence-electron chi connectivity index (χ2n) is 6.71. The van der Waals surface area contributed by atoms with E-state index in [4.69, 9.17) is 4.74 Å². The zero-order chi connectivity index (χ0) is 17.7. The van der Waals surface area contributed by atoms with Crippen LogP contribution in [0.2, 0.25) is 0 Å². The monoisotopic (exact) mass is 342 g/mol. The SMILES string of the molecule is C[C@@H]1Oc2ccc(NC3c4ccccc4-c4ccccc43)cc2NC1=O. The first-order valence-corrected chi connectivity index (χ1v) is 8.77. The minimum absolute atomic E-state index is 0.0829. The van der Waals surface area contributed by atoms with Crippen molar-refractivity contribution in [1.29, 1.82) is 0 Å². The Morgan fingerprint density at radius 1 is 0.923 bits per heavy atom. The van der Waals surface area contributed by atoms with E-state index in [1.54, 1.807) is 6.92 Å². The Hall–Kier alpha value is -3.27. The smallest absolute Gasteiger partial charge is 0.265 e. The zero-order valence-electron chi connectivity index (χ0n) is 14.3. The standard InChI is InChI=1S/C22H18N2O2/c1-13-22(25)24-19-12-14(10-11-20(19)26-13)23-21-17-8-4-2-6-15(17)16-7-3-5-9-18(16)21/h2-13,21,23H,1H3,(H,24,25)/t13-/m0/s1. The topological polar surface area (TPSA) is 50.4 Å². The second kappa shape index (κ2) is 5.63. The molecule has 1 atom stereocenters. The highest BCUT2D eigenvalue weighted by molar-refractivity contribution is 5.98. The molecule has 1 heterocycles. The second-order valence-corrected chi connectivity index (χ2v) is 6.71. The van der Waals surface area contributed by atoms with Gasteiger partial charge in [0.25, 0.3) is 5.91 Å². The number of carbonyl (C=O) groups excluding carboxylic acids is 1. The van der Waals surface area contributed by atoms with Gasteiger partial charge in [-0.2, -0.15) is 0 Å². The van der Waals surface area contributed by atoms with E-state index in [0.717, 1.165) is 5.69 Å². The molecule has 26 heavy (non-hydrogen) atoms. The highest BCUT2D eigenvalue weighted by Gasteiger charge is 2.29. The highest BCUT2D eigenvalue weighted by atomic mass is 16.5. The van der Waals surface area contributed by atoms with Gasteiger partial charge < -0.3 is 15.4 Å². The van der Waals surface area contributed by atoms with Crippen LogP contribution in [-0.4, -0.2) is 12.0 Å². The maximum Gasteiger partial charge on any atom is 0.265 e. The summed E-state index contributed by atoms with van der Waals surface area (Å²) in [6.07, 6.45) is -0.463. The first kappa shape index (κ1) is 15.0. The molecule has 0 aromatic heterocycles. The number of nitrogens with one attached hydrogen (secondary N) is 2. The highest BCUT2D eigenvalue weighted by Crippen LogP contribution is 2.45. The average Bonchev–Trinajstić information content (AvgIpc) is 2.97. The Balaban J connectivity index is 1.53. The van der Waals surface area contributed by atoms with Crippen molar-refractivity contribution >= 4 is 17.3 Å². The maximum absolute atomic E-state index is 11.9. The summed E-state index contributed by atoms with van der Waals surface area (Å²) >= 11 is 0. The van der Waals surface area contributed by atoms with E-state index >= 15 is 0 Å². The third kappa shape index (κ3) is 2.26. The number of benzene rings is 3. The number of rotatable bonds is 2. The van der Waals surface area contributed by atoms with Crippen LogP contribution in [0.25, 0.3) is 11.1 Å². The van der Waals surface area contributed by atoms with Crippen LogP contribution >= 0.6 is 0 Å². The molecule has 0 saturated carbocycles. The van der Waals surface area contributed by atoms with E-state index in [2.05, 4.69) is 59.2 Å². The van der Waals surface area contributed by atoms with Gasteiger partial charge in [-0.15, -0.1) is 0 Å². The van der Waals surface area contributed by atoms with Gasteiger partial charge in [0.15, 0.2) is 6.10 Å². The van der Waals surface area contributed by atoms with Crippen molar-refractivity contribution in [2.75, 3.05) is 10.6 Å². The van der Waals surface area contributed by atoms with E-state index < -0.39 is 6.10 Å². The molecular weight excluding hydrogens is 324 g/mol. The van der Waals surface area contributed by atoms with E-state index in [1.807, 2.05) is 18.2 Å². The lowest BCUT2D eigenvalue weighted by Crippen LogP contribution is -2.34. The van der Waals surface area contributed by atoms with Crippen molar-refractivity contribution < 1.29 is 9.53 Å². The van der Waals surface area contributed by atoms with E-state index in [-0.39, 0.29) is 11.9 Å². The van der Waals surface area contributed by atoms with Crippen molar-refractivity contribution in [1.82, 2.24) is 0 Å². The summed E-state index contributed by atoms with van der Waals surface area (Å²) in [6.45, 7) is 1.75. The van der Waals surface area contributed by atoms with Crippen LogP contribution < -0.4 is 15.4 Å². The summed E-state index contributed by atoms with van der Waals surface area (Å²) in [4.78, 5) is 11.9. The van der Waals surface area contributed by atoms with E-state index in [0.29, 0.717) is 11.4 Å². The number of hydrogen-bond acceptors (Lipinski definition) is 3. The molecule has 3 aromatic carbocycles. The largest absolute Gasteiger partial charge is 0.479 e. The normalized spacial score (nSPS) is 17.6. The van der Waals surface area contributed by atoms with E-state index in [1.165, 1.54) is 22.3 Å². The fourth-order valence-electron chi connectivity index (χ4n) is 3.78. The molecule has 4 nitrogen and oxygen atoms in total. The number of fused-ring (bicyclic) bond motifs is 4. The molecule has 2 aliphatic rings. The molecule has 1 aliphatic carbocycles. The number of carbonyl (C=O) groups is 1. The Morgan fingerprint density at radius 3 is 2.27 bits per heavy atom. The van der Waals surface area contributed by atoms with Crippen molar-refractivity contribution in [2.24, 2.45) is 0 Å². The summed E-state index contributed by atoms with van der Waals surface area (Å²) < 4.78 is 5.64. The number of ether oxygens (including phenoxy) is 1. The van der Waals surface area contributed by atoms with E-state index in [9.17, 15) is 4.79 Å². The summed E-state index contributed by atoms with van der Waals surface area (Å²) in [5.41, 5.74) is 6.71. The van der Waals surface area contributed by atoms with Crippen molar-refractivity contribution in [2.45, 2.75) is 19.1 Å². The zero-order valence-corrected chi connectivity index (χ0v) is 14.3. The van der Waals surface area contributed by atoms with Gasteiger partial charge in [-0.1, -0.05) is 48.5 Å². The Labute approximate surface area is 151 Å². The molecule has 128 valence electrons. The van der Waals surface area contributed by atoms with Crippen molar-refractivity contribution in [3.8, 4) is 16.9 Å². The van der Waals surface area contributed by atoms with Gasteiger partial charge in [0.2, 0.25) is 0 Å². The van der Waals surface area contributed by atoms with Crippen LogP contribution in [0.1, 0.15) is 24.1 Å².